The van der Waals surface area contributed by atoms with Crippen LogP contribution >= 0.6 is 0 Å². The molecule has 0 rings (SSSR count). The van der Waals surface area contributed by atoms with Crippen LogP contribution < -0.4 is 0 Å². The van der Waals surface area contributed by atoms with E-state index in [1.165, 1.54) is 115 Å². The summed E-state index contributed by atoms with van der Waals surface area (Å²) in [5, 5.41) is 17.1. The van der Waals surface area contributed by atoms with Crippen molar-refractivity contribution < 1.29 is 19.8 Å². The summed E-state index contributed by atoms with van der Waals surface area (Å²) in [7, 11) is 0. The fourth-order valence-corrected chi connectivity index (χ4v) is 3.90. The van der Waals surface area contributed by atoms with Gasteiger partial charge in [0.05, 0.1) is 0 Å². The molecule has 0 aromatic carbocycles. The van der Waals surface area contributed by atoms with Crippen molar-refractivity contribution >= 4 is 11.9 Å². The van der Waals surface area contributed by atoms with E-state index in [0.29, 0.717) is 6.42 Å². The van der Waals surface area contributed by atoms with Crippen molar-refractivity contribution in [2.75, 3.05) is 0 Å². The second-order valence-corrected chi connectivity index (χ2v) is 8.74. The van der Waals surface area contributed by atoms with Gasteiger partial charge in [-0.3, -0.25) is 4.79 Å². The average molecular weight is 425 g/mol. The number of unbranched alkanes of at least 4 members (excludes halogenated alkanes) is 20. The fraction of sp³-hybridized carbons (Fsp3) is 0.846. The summed E-state index contributed by atoms with van der Waals surface area (Å²) in [6, 6.07) is 0. The van der Waals surface area contributed by atoms with Crippen LogP contribution in [0.15, 0.2) is 12.2 Å². The van der Waals surface area contributed by atoms with Crippen molar-refractivity contribution in [3.05, 3.63) is 12.2 Å². The van der Waals surface area contributed by atoms with Gasteiger partial charge < -0.3 is 10.2 Å². The Bertz CT molecular complexity index is 417. The van der Waals surface area contributed by atoms with Gasteiger partial charge in [0.25, 0.3) is 0 Å². The summed E-state index contributed by atoms with van der Waals surface area (Å²) < 4.78 is 0. The number of hydrogen-bond acceptors (Lipinski definition) is 2. The summed E-state index contributed by atoms with van der Waals surface area (Å²) in [6.45, 7) is 0. The first-order chi connectivity index (χ1) is 14.6. The van der Waals surface area contributed by atoms with Gasteiger partial charge in [-0.2, -0.15) is 0 Å². The molecule has 0 aliphatic heterocycles. The predicted molar refractivity (Wildman–Crippen MR) is 126 cm³/mol. The third-order valence-corrected chi connectivity index (χ3v) is 5.77. The molecule has 0 aromatic rings. The first kappa shape index (κ1) is 28.7. The van der Waals surface area contributed by atoms with Gasteiger partial charge in [0.1, 0.15) is 0 Å². The Morgan fingerprint density at radius 1 is 0.467 bits per heavy atom. The van der Waals surface area contributed by atoms with E-state index in [2.05, 4.69) is 0 Å². The van der Waals surface area contributed by atoms with E-state index < -0.39 is 11.9 Å². The van der Waals surface area contributed by atoms with Crippen molar-refractivity contribution in [3.63, 3.8) is 0 Å². The van der Waals surface area contributed by atoms with E-state index in [-0.39, 0.29) is 0 Å². The molecule has 0 amide bonds. The molecule has 2 N–H and O–H groups in total. The lowest BCUT2D eigenvalue weighted by molar-refractivity contribution is -0.137. The van der Waals surface area contributed by atoms with Gasteiger partial charge in [-0.05, 0) is 19.3 Å². The van der Waals surface area contributed by atoms with Gasteiger partial charge in [-0.1, -0.05) is 122 Å². The number of rotatable bonds is 24. The largest absolute Gasteiger partial charge is 0.481 e. The lowest BCUT2D eigenvalue weighted by Crippen LogP contribution is -1.93. The minimum absolute atomic E-state index is 0.330. The molecule has 0 saturated heterocycles. The van der Waals surface area contributed by atoms with E-state index in [1.54, 1.807) is 6.08 Å². The molecule has 0 aliphatic carbocycles. The Kier molecular flexibility index (Phi) is 22.9. The highest BCUT2D eigenvalue weighted by molar-refractivity contribution is 5.79. The molecule has 176 valence electrons. The van der Waals surface area contributed by atoms with Gasteiger partial charge in [0.2, 0.25) is 0 Å². The second-order valence-electron chi connectivity index (χ2n) is 8.74. The second kappa shape index (κ2) is 24.0. The third-order valence-electron chi connectivity index (χ3n) is 5.77. The van der Waals surface area contributed by atoms with Crippen molar-refractivity contribution in [1.82, 2.24) is 0 Å². The van der Waals surface area contributed by atoms with Gasteiger partial charge >= 0.3 is 11.9 Å². The van der Waals surface area contributed by atoms with Gasteiger partial charge in [-0.15, -0.1) is 0 Å². The highest BCUT2D eigenvalue weighted by Gasteiger charge is 1.97. The molecule has 0 aliphatic rings. The maximum atomic E-state index is 10.4. The molecule has 4 nitrogen and oxygen atoms in total. The summed E-state index contributed by atoms with van der Waals surface area (Å²) in [5.41, 5.74) is 0. The van der Waals surface area contributed by atoms with Gasteiger partial charge in [0.15, 0.2) is 0 Å². The van der Waals surface area contributed by atoms with Gasteiger partial charge in [-0.25, -0.2) is 4.79 Å². The molecule has 0 unspecified atom stereocenters. The quantitative estimate of drug-likeness (QED) is 0.121. The molecule has 4 heteroatoms. The van der Waals surface area contributed by atoms with Crippen LogP contribution in [-0.4, -0.2) is 22.2 Å². The first-order valence-electron chi connectivity index (χ1n) is 12.7. The predicted octanol–water partition coefficient (Wildman–Crippen LogP) is 8.29. The summed E-state index contributed by atoms with van der Waals surface area (Å²) >= 11 is 0. The SMILES string of the molecule is O=C(O)C=CCCCCCCCCCCCCCCCCCCCCCCC(=O)O. The number of carboxylic acid groups (broad SMARTS) is 2. The monoisotopic (exact) mass is 424 g/mol. The van der Waals surface area contributed by atoms with E-state index in [4.69, 9.17) is 10.2 Å². The summed E-state index contributed by atoms with van der Waals surface area (Å²) in [6.07, 6.45) is 30.0. The van der Waals surface area contributed by atoms with Crippen LogP contribution in [0.3, 0.4) is 0 Å². The van der Waals surface area contributed by atoms with E-state index in [0.717, 1.165) is 25.7 Å². The topological polar surface area (TPSA) is 74.6 Å². The highest BCUT2D eigenvalue weighted by atomic mass is 16.4. The summed E-state index contributed by atoms with van der Waals surface area (Å²) in [5.74, 6) is -1.51. The van der Waals surface area contributed by atoms with Crippen molar-refractivity contribution in [3.8, 4) is 0 Å². The zero-order chi connectivity index (χ0) is 22.1. The number of hydrogen-bond donors (Lipinski definition) is 2. The maximum absolute atomic E-state index is 10.4. The standard InChI is InChI=1S/C26H48O4/c27-25(28)23-21-19-17-15-13-11-9-7-5-3-1-2-4-6-8-10-12-14-16-18-20-22-24-26(29)30/h21,23H,1-20,22,24H2,(H,27,28)(H,29,30). The Labute approximate surface area is 185 Å². The lowest BCUT2D eigenvalue weighted by atomic mass is 10.0. The normalized spacial score (nSPS) is 11.3. The average Bonchev–Trinajstić information content (AvgIpc) is 2.70. The molecular weight excluding hydrogens is 376 g/mol. The van der Waals surface area contributed by atoms with Crippen LogP contribution in [0, 0.1) is 0 Å². The maximum Gasteiger partial charge on any atom is 0.327 e. The molecule has 0 saturated carbocycles. The number of carboxylic acids is 2. The van der Waals surface area contributed by atoms with E-state index >= 15 is 0 Å². The van der Waals surface area contributed by atoms with Crippen LogP contribution in [0.4, 0.5) is 0 Å². The Balaban J connectivity index is 3.05. The first-order valence-corrected chi connectivity index (χ1v) is 12.7. The third kappa shape index (κ3) is 26.7. The van der Waals surface area contributed by atoms with Gasteiger partial charge in [0, 0.05) is 12.5 Å². The van der Waals surface area contributed by atoms with Crippen molar-refractivity contribution in [2.45, 2.75) is 141 Å². The highest BCUT2D eigenvalue weighted by Crippen LogP contribution is 2.15. The Morgan fingerprint density at radius 3 is 1.07 bits per heavy atom. The molecule has 30 heavy (non-hydrogen) atoms. The molecule has 0 aromatic heterocycles. The minimum Gasteiger partial charge on any atom is -0.481 e. The smallest absolute Gasteiger partial charge is 0.327 e. The summed E-state index contributed by atoms with van der Waals surface area (Å²) in [4.78, 5) is 20.7. The number of aliphatic carboxylic acids is 2. The molecule has 0 radical (unpaired) electrons. The zero-order valence-electron chi connectivity index (χ0n) is 19.4. The molecule has 0 atom stereocenters. The zero-order valence-corrected chi connectivity index (χ0v) is 19.4. The number of allylic oxidation sites excluding steroid dienone is 1. The van der Waals surface area contributed by atoms with Crippen molar-refractivity contribution in [2.24, 2.45) is 0 Å². The fourth-order valence-electron chi connectivity index (χ4n) is 3.90. The number of carbonyl (C=O) groups is 2. The Morgan fingerprint density at radius 2 is 0.767 bits per heavy atom. The lowest BCUT2D eigenvalue weighted by Gasteiger charge is -2.04. The van der Waals surface area contributed by atoms with Crippen molar-refractivity contribution in [1.29, 1.82) is 0 Å². The molecule has 0 fully saturated rings. The van der Waals surface area contributed by atoms with E-state index in [9.17, 15) is 9.59 Å². The van der Waals surface area contributed by atoms with E-state index in [1.807, 2.05) is 0 Å². The molecular formula is C26H48O4. The van der Waals surface area contributed by atoms with Crippen LogP contribution in [0.1, 0.15) is 141 Å². The molecule has 0 spiro atoms. The minimum atomic E-state index is -0.843. The van der Waals surface area contributed by atoms with Crippen LogP contribution in [0.5, 0.6) is 0 Å². The van der Waals surface area contributed by atoms with Crippen LogP contribution in [0.2, 0.25) is 0 Å². The Hall–Kier alpha value is -1.32. The van der Waals surface area contributed by atoms with Crippen LogP contribution in [-0.2, 0) is 9.59 Å². The molecule has 0 bridgehead atoms. The van der Waals surface area contributed by atoms with Crippen LogP contribution in [0.25, 0.3) is 0 Å². The molecule has 0 heterocycles.